The molecule has 0 amide bonds. The van der Waals surface area contributed by atoms with Crippen LogP contribution in [0.5, 0.6) is 5.75 Å². The van der Waals surface area contributed by atoms with Crippen molar-refractivity contribution in [3.8, 4) is 5.75 Å². The van der Waals surface area contributed by atoms with Gasteiger partial charge in [0.05, 0.1) is 26.4 Å². The summed E-state index contributed by atoms with van der Waals surface area (Å²) in [4.78, 5) is 0. The van der Waals surface area contributed by atoms with E-state index < -0.39 is 5.79 Å². The molecule has 1 aliphatic rings. The van der Waals surface area contributed by atoms with Crippen LogP contribution in [-0.4, -0.2) is 31.7 Å². The Balaban J connectivity index is 1.82. The summed E-state index contributed by atoms with van der Waals surface area (Å²) in [6.07, 6.45) is 2.57. The van der Waals surface area contributed by atoms with Crippen LogP contribution < -0.4 is 4.74 Å². The lowest BCUT2D eigenvalue weighted by molar-refractivity contribution is -0.151. The maximum absolute atomic E-state index is 5.87. The molecular formula is C17H24O4. The zero-order valence-corrected chi connectivity index (χ0v) is 13.0. The van der Waals surface area contributed by atoms with Crippen molar-refractivity contribution < 1.29 is 18.9 Å². The van der Waals surface area contributed by atoms with Crippen LogP contribution in [0.4, 0.5) is 0 Å². The average molecular weight is 292 g/mol. The van der Waals surface area contributed by atoms with E-state index in [1.165, 1.54) is 0 Å². The highest BCUT2D eigenvalue weighted by Gasteiger charge is 2.40. The molecule has 0 spiro atoms. The van der Waals surface area contributed by atoms with Crippen LogP contribution in [0.1, 0.15) is 25.8 Å². The van der Waals surface area contributed by atoms with E-state index in [2.05, 4.69) is 6.58 Å². The Labute approximate surface area is 126 Å². The Kier molecular flexibility index (Phi) is 5.39. The zero-order valence-electron chi connectivity index (χ0n) is 13.0. The van der Waals surface area contributed by atoms with Gasteiger partial charge in [-0.15, -0.1) is 6.58 Å². The number of ether oxygens (including phenoxy) is 4. The van der Waals surface area contributed by atoms with Gasteiger partial charge in [-0.25, -0.2) is 0 Å². The number of hydrogen-bond donors (Lipinski definition) is 0. The standard InChI is InChI=1S/C17H24O4/c1-5-6-15-16(21-17(2,3)20-15)12-19-11-13-7-9-14(18-4)10-8-13/h5,7-10,15-16H,1,6,11-12H2,2-4H3/t15-,16-/m1/s1. The van der Waals surface area contributed by atoms with Gasteiger partial charge < -0.3 is 18.9 Å². The van der Waals surface area contributed by atoms with Crippen molar-refractivity contribution in [1.29, 1.82) is 0 Å². The molecule has 0 aromatic heterocycles. The highest BCUT2D eigenvalue weighted by molar-refractivity contribution is 5.26. The second kappa shape index (κ2) is 7.07. The first-order valence-corrected chi connectivity index (χ1v) is 7.21. The number of benzene rings is 1. The molecule has 21 heavy (non-hydrogen) atoms. The molecule has 0 aliphatic carbocycles. The van der Waals surface area contributed by atoms with Gasteiger partial charge in [0, 0.05) is 0 Å². The van der Waals surface area contributed by atoms with E-state index in [0.29, 0.717) is 13.2 Å². The SMILES string of the molecule is C=CC[C@H]1OC(C)(C)O[C@@H]1COCc1ccc(OC)cc1. The summed E-state index contributed by atoms with van der Waals surface area (Å²) >= 11 is 0. The van der Waals surface area contributed by atoms with Gasteiger partial charge in [0.15, 0.2) is 5.79 Å². The number of rotatable bonds is 7. The predicted octanol–water partition coefficient (Wildman–Crippen LogP) is 3.31. The maximum atomic E-state index is 5.87. The lowest BCUT2D eigenvalue weighted by Gasteiger charge is -2.17. The van der Waals surface area contributed by atoms with Crippen molar-refractivity contribution >= 4 is 0 Å². The van der Waals surface area contributed by atoms with Crippen LogP contribution in [0.15, 0.2) is 36.9 Å². The quantitative estimate of drug-likeness (QED) is 0.723. The Bertz CT molecular complexity index is 452. The minimum absolute atomic E-state index is 0.00775. The third-order valence-electron chi connectivity index (χ3n) is 3.39. The van der Waals surface area contributed by atoms with Gasteiger partial charge in [-0.1, -0.05) is 18.2 Å². The van der Waals surface area contributed by atoms with Gasteiger partial charge in [-0.2, -0.15) is 0 Å². The summed E-state index contributed by atoms with van der Waals surface area (Å²) in [6, 6.07) is 7.85. The molecule has 1 aromatic rings. The summed E-state index contributed by atoms with van der Waals surface area (Å²) in [5.74, 6) is 0.293. The molecule has 1 heterocycles. The van der Waals surface area contributed by atoms with Gasteiger partial charge in [0.2, 0.25) is 0 Å². The molecule has 1 aromatic carbocycles. The van der Waals surface area contributed by atoms with Gasteiger partial charge in [-0.3, -0.25) is 0 Å². The first-order valence-electron chi connectivity index (χ1n) is 7.21. The van der Waals surface area contributed by atoms with E-state index in [9.17, 15) is 0 Å². The lowest BCUT2D eigenvalue weighted by atomic mass is 10.1. The molecule has 116 valence electrons. The topological polar surface area (TPSA) is 36.9 Å². The molecule has 0 unspecified atom stereocenters. The fraction of sp³-hybridized carbons (Fsp3) is 0.529. The van der Waals surface area contributed by atoms with Crippen LogP contribution >= 0.6 is 0 Å². The first kappa shape index (κ1) is 16.0. The average Bonchev–Trinajstić information content (AvgIpc) is 2.74. The van der Waals surface area contributed by atoms with Crippen molar-refractivity contribution in [3.05, 3.63) is 42.5 Å². The minimum atomic E-state index is -0.554. The molecule has 2 atom stereocenters. The Morgan fingerprint density at radius 2 is 1.86 bits per heavy atom. The number of methoxy groups -OCH3 is 1. The summed E-state index contributed by atoms with van der Waals surface area (Å²) in [6.45, 7) is 8.66. The van der Waals surface area contributed by atoms with E-state index in [1.807, 2.05) is 44.2 Å². The van der Waals surface area contributed by atoms with Crippen molar-refractivity contribution in [2.45, 2.75) is 44.9 Å². The second-order valence-corrected chi connectivity index (χ2v) is 5.60. The van der Waals surface area contributed by atoms with E-state index in [0.717, 1.165) is 17.7 Å². The maximum Gasteiger partial charge on any atom is 0.163 e. The summed E-state index contributed by atoms with van der Waals surface area (Å²) in [7, 11) is 1.66. The van der Waals surface area contributed by atoms with Gasteiger partial charge in [-0.05, 0) is 38.0 Å². The summed E-state index contributed by atoms with van der Waals surface area (Å²) in [5.41, 5.74) is 1.11. The molecular weight excluding hydrogens is 268 g/mol. The van der Waals surface area contributed by atoms with Crippen LogP contribution in [-0.2, 0) is 20.8 Å². The molecule has 1 saturated heterocycles. The van der Waals surface area contributed by atoms with E-state index >= 15 is 0 Å². The molecule has 4 heteroatoms. The molecule has 0 radical (unpaired) electrons. The largest absolute Gasteiger partial charge is 0.497 e. The molecule has 0 N–H and O–H groups in total. The highest BCUT2D eigenvalue weighted by atomic mass is 16.8. The third-order valence-corrected chi connectivity index (χ3v) is 3.39. The normalized spacial score (nSPS) is 24.0. The summed E-state index contributed by atoms with van der Waals surface area (Å²) in [5, 5.41) is 0. The molecule has 4 nitrogen and oxygen atoms in total. The van der Waals surface area contributed by atoms with E-state index in [1.54, 1.807) is 7.11 Å². The second-order valence-electron chi connectivity index (χ2n) is 5.60. The van der Waals surface area contributed by atoms with Crippen molar-refractivity contribution in [2.24, 2.45) is 0 Å². The molecule has 0 saturated carbocycles. The predicted molar refractivity (Wildman–Crippen MR) is 81.3 cm³/mol. The van der Waals surface area contributed by atoms with E-state index in [-0.39, 0.29) is 12.2 Å². The van der Waals surface area contributed by atoms with Crippen molar-refractivity contribution in [1.82, 2.24) is 0 Å². The zero-order chi connectivity index (χ0) is 15.3. The number of hydrogen-bond acceptors (Lipinski definition) is 4. The van der Waals surface area contributed by atoms with Crippen molar-refractivity contribution in [2.75, 3.05) is 13.7 Å². The smallest absolute Gasteiger partial charge is 0.163 e. The molecule has 2 rings (SSSR count). The van der Waals surface area contributed by atoms with Crippen molar-refractivity contribution in [3.63, 3.8) is 0 Å². The fourth-order valence-electron chi connectivity index (χ4n) is 2.43. The Morgan fingerprint density at radius 3 is 2.48 bits per heavy atom. The lowest BCUT2D eigenvalue weighted by Crippen LogP contribution is -2.27. The monoisotopic (exact) mass is 292 g/mol. The van der Waals surface area contributed by atoms with Gasteiger partial charge >= 0.3 is 0 Å². The van der Waals surface area contributed by atoms with Gasteiger partial charge in [0.1, 0.15) is 11.9 Å². The summed E-state index contributed by atoms with van der Waals surface area (Å²) < 4.78 is 22.6. The Hall–Kier alpha value is -1.36. The Morgan fingerprint density at radius 1 is 1.19 bits per heavy atom. The van der Waals surface area contributed by atoms with Crippen LogP contribution in [0.2, 0.25) is 0 Å². The highest BCUT2D eigenvalue weighted by Crippen LogP contribution is 2.30. The third kappa shape index (κ3) is 4.56. The van der Waals surface area contributed by atoms with E-state index in [4.69, 9.17) is 18.9 Å². The fourth-order valence-corrected chi connectivity index (χ4v) is 2.43. The first-order chi connectivity index (χ1) is 10.0. The molecule has 0 bridgehead atoms. The van der Waals surface area contributed by atoms with Crippen LogP contribution in [0.3, 0.4) is 0 Å². The minimum Gasteiger partial charge on any atom is -0.497 e. The van der Waals surface area contributed by atoms with Crippen LogP contribution in [0.25, 0.3) is 0 Å². The molecule has 1 aliphatic heterocycles. The van der Waals surface area contributed by atoms with Crippen LogP contribution in [0, 0.1) is 0 Å². The molecule has 1 fully saturated rings. The van der Waals surface area contributed by atoms with Gasteiger partial charge in [0.25, 0.3) is 0 Å².